The van der Waals surface area contributed by atoms with Crippen molar-refractivity contribution >= 4 is 5.91 Å². The summed E-state index contributed by atoms with van der Waals surface area (Å²) in [6.07, 6.45) is 0.683. The first-order chi connectivity index (χ1) is 9.12. The molecule has 0 saturated heterocycles. The Labute approximate surface area is 114 Å². The summed E-state index contributed by atoms with van der Waals surface area (Å²) in [6, 6.07) is 5.30. The van der Waals surface area contributed by atoms with Crippen LogP contribution < -0.4 is 15.8 Å². The molecule has 0 aliphatic heterocycles. The molecule has 1 atom stereocenters. The Balaban J connectivity index is 2.76. The van der Waals surface area contributed by atoms with Crippen LogP contribution in [0.25, 0.3) is 0 Å². The van der Waals surface area contributed by atoms with E-state index in [-0.39, 0.29) is 11.9 Å². The molecule has 106 valence electrons. The second kappa shape index (κ2) is 7.76. The summed E-state index contributed by atoms with van der Waals surface area (Å²) in [5.74, 6) is 0.559. The summed E-state index contributed by atoms with van der Waals surface area (Å²) in [5, 5.41) is 2.91. The Bertz CT molecular complexity index is 415. The maximum Gasteiger partial charge on any atom is 0.251 e. The van der Waals surface area contributed by atoms with Crippen molar-refractivity contribution in [2.24, 2.45) is 5.73 Å². The number of aryl methyl sites for hydroxylation is 1. The average Bonchev–Trinajstić information content (AvgIpc) is 2.39. The highest BCUT2D eigenvalue weighted by atomic mass is 16.5. The van der Waals surface area contributed by atoms with Crippen molar-refractivity contribution < 1.29 is 14.3 Å². The van der Waals surface area contributed by atoms with Gasteiger partial charge in [-0.1, -0.05) is 6.07 Å². The molecule has 1 unspecified atom stereocenters. The van der Waals surface area contributed by atoms with Crippen LogP contribution in [0, 0.1) is 6.92 Å². The van der Waals surface area contributed by atoms with Crippen LogP contribution in [0.15, 0.2) is 18.2 Å². The Morgan fingerprint density at radius 1 is 1.42 bits per heavy atom. The lowest BCUT2D eigenvalue weighted by molar-refractivity contribution is 0.0893. The second-order valence-electron chi connectivity index (χ2n) is 4.39. The number of carbonyl (C=O) groups is 1. The summed E-state index contributed by atoms with van der Waals surface area (Å²) in [5.41, 5.74) is 7.08. The van der Waals surface area contributed by atoms with Gasteiger partial charge in [-0.15, -0.1) is 0 Å². The van der Waals surface area contributed by atoms with E-state index in [0.717, 1.165) is 5.56 Å². The van der Waals surface area contributed by atoms with Crippen molar-refractivity contribution in [3.63, 3.8) is 0 Å². The molecule has 0 bridgehead atoms. The SMILES string of the molecule is COCC(CCN)NC(=O)c1ccc(C)c(OC)c1. The summed E-state index contributed by atoms with van der Waals surface area (Å²) >= 11 is 0. The molecule has 0 aliphatic carbocycles. The van der Waals surface area contributed by atoms with Gasteiger partial charge in [0, 0.05) is 12.7 Å². The Morgan fingerprint density at radius 3 is 2.74 bits per heavy atom. The molecule has 1 aromatic rings. The van der Waals surface area contributed by atoms with Crippen LogP contribution in [0.5, 0.6) is 5.75 Å². The average molecular weight is 266 g/mol. The molecule has 0 aliphatic rings. The highest BCUT2D eigenvalue weighted by molar-refractivity contribution is 5.94. The fraction of sp³-hybridized carbons (Fsp3) is 0.500. The number of carbonyl (C=O) groups excluding carboxylic acids is 1. The normalized spacial score (nSPS) is 12.0. The van der Waals surface area contributed by atoms with Gasteiger partial charge in [0.1, 0.15) is 5.75 Å². The molecule has 3 N–H and O–H groups in total. The fourth-order valence-corrected chi connectivity index (χ4v) is 1.83. The summed E-state index contributed by atoms with van der Waals surface area (Å²) in [6.45, 7) is 2.89. The maximum absolute atomic E-state index is 12.1. The molecule has 19 heavy (non-hydrogen) atoms. The van der Waals surface area contributed by atoms with Crippen LogP contribution in [0.4, 0.5) is 0 Å². The Kier molecular flexibility index (Phi) is 6.32. The van der Waals surface area contributed by atoms with Crippen LogP contribution in [-0.2, 0) is 4.74 Å². The predicted molar refractivity (Wildman–Crippen MR) is 74.5 cm³/mol. The fourth-order valence-electron chi connectivity index (χ4n) is 1.83. The molecule has 0 aromatic heterocycles. The lowest BCUT2D eigenvalue weighted by atomic mass is 10.1. The monoisotopic (exact) mass is 266 g/mol. The number of methoxy groups -OCH3 is 2. The van der Waals surface area contributed by atoms with Crippen LogP contribution in [0.3, 0.4) is 0 Å². The van der Waals surface area contributed by atoms with Crippen molar-refractivity contribution in [1.82, 2.24) is 5.32 Å². The van der Waals surface area contributed by atoms with Crippen LogP contribution in [0.2, 0.25) is 0 Å². The molecule has 0 saturated carbocycles. The van der Waals surface area contributed by atoms with E-state index < -0.39 is 0 Å². The van der Waals surface area contributed by atoms with Crippen LogP contribution >= 0.6 is 0 Å². The number of benzene rings is 1. The first-order valence-corrected chi connectivity index (χ1v) is 6.26. The maximum atomic E-state index is 12.1. The third-order valence-corrected chi connectivity index (χ3v) is 2.89. The van der Waals surface area contributed by atoms with Crippen molar-refractivity contribution in [2.45, 2.75) is 19.4 Å². The van der Waals surface area contributed by atoms with Gasteiger partial charge in [-0.25, -0.2) is 0 Å². The van der Waals surface area contributed by atoms with Crippen LogP contribution in [0.1, 0.15) is 22.3 Å². The lowest BCUT2D eigenvalue weighted by Crippen LogP contribution is -2.39. The van der Waals surface area contributed by atoms with Crippen molar-refractivity contribution in [1.29, 1.82) is 0 Å². The predicted octanol–water partition coefficient (Wildman–Crippen LogP) is 1.10. The topological polar surface area (TPSA) is 73.6 Å². The number of amides is 1. The third-order valence-electron chi connectivity index (χ3n) is 2.89. The van der Waals surface area contributed by atoms with Crippen molar-refractivity contribution in [2.75, 3.05) is 27.4 Å². The number of nitrogens with two attached hydrogens (primary N) is 1. The van der Waals surface area contributed by atoms with Gasteiger partial charge in [0.2, 0.25) is 0 Å². The zero-order valence-electron chi connectivity index (χ0n) is 11.7. The Morgan fingerprint density at radius 2 is 2.16 bits per heavy atom. The molecule has 5 heteroatoms. The quantitative estimate of drug-likeness (QED) is 0.775. The van der Waals surface area contributed by atoms with E-state index in [0.29, 0.717) is 30.9 Å². The van der Waals surface area contributed by atoms with E-state index in [1.807, 2.05) is 13.0 Å². The zero-order valence-corrected chi connectivity index (χ0v) is 11.7. The largest absolute Gasteiger partial charge is 0.496 e. The highest BCUT2D eigenvalue weighted by Gasteiger charge is 2.14. The minimum absolute atomic E-state index is 0.0743. The molecular weight excluding hydrogens is 244 g/mol. The summed E-state index contributed by atoms with van der Waals surface area (Å²) in [4.78, 5) is 12.1. The van der Waals surface area contributed by atoms with Gasteiger partial charge < -0.3 is 20.5 Å². The van der Waals surface area contributed by atoms with E-state index in [1.54, 1.807) is 26.4 Å². The molecule has 0 fully saturated rings. The zero-order chi connectivity index (χ0) is 14.3. The molecule has 0 spiro atoms. The standard InChI is InChI=1S/C14H22N2O3/c1-10-4-5-11(8-13(10)19-3)14(17)16-12(6-7-15)9-18-2/h4-5,8,12H,6-7,9,15H2,1-3H3,(H,16,17). The van der Waals surface area contributed by atoms with Gasteiger partial charge in [0.25, 0.3) is 5.91 Å². The molecule has 1 amide bonds. The molecule has 0 heterocycles. The minimum atomic E-state index is -0.145. The molecule has 1 aromatic carbocycles. The first kappa shape index (κ1) is 15.5. The summed E-state index contributed by atoms with van der Waals surface area (Å²) in [7, 11) is 3.19. The highest BCUT2D eigenvalue weighted by Crippen LogP contribution is 2.18. The number of hydrogen-bond acceptors (Lipinski definition) is 4. The molecule has 5 nitrogen and oxygen atoms in total. The number of hydrogen-bond donors (Lipinski definition) is 2. The van der Waals surface area contributed by atoms with Crippen molar-refractivity contribution in [3.8, 4) is 5.75 Å². The van der Waals surface area contributed by atoms with E-state index in [2.05, 4.69) is 5.32 Å². The van der Waals surface area contributed by atoms with Gasteiger partial charge >= 0.3 is 0 Å². The van der Waals surface area contributed by atoms with Gasteiger partial charge in [0.05, 0.1) is 19.8 Å². The lowest BCUT2D eigenvalue weighted by Gasteiger charge is -2.17. The summed E-state index contributed by atoms with van der Waals surface area (Å²) < 4.78 is 10.3. The van der Waals surface area contributed by atoms with Crippen LogP contribution in [-0.4, -0.2) is 39.3 Å². The number of rotatable bonds is 7. The minimum Gasteiger partial charge on any atom is -0.496 e. The smallest absolute Gasteiger partial charge is 0.251 e. The van der Waals surface area contributed by atoms with E-state index in [4.69, 9.17) is 15.2 Å². The molecular formula is C14H22N2O3. The van der Waals surface area contributed by atoms with Crippen molar-refractivity contribution in [3.05, 3.63) is 29.3 Å². The van der Waals surface area contributed by atoms with Gasteiger partial charge in [-0.3, -0.25) is 4.79 Å². The van der Waals surface area contributed by atoms with E-state index in [1.165, 1.54) is 0 Å². The number of nitrogens with one attached hydrogen (secondary N) is 1. The van der Waals surface area contributed by atoms with E-state index in [9.17, 15) is 4.79 Å². The van der Waals surface area contributed by atoms with Gasteiger partial charge in [-0.05, 0) is 37.6 Å². The Hall–Kier alpha value is -1.59. The first-order valence-electron chi connectivity index (χ1n) is 6.26. The molecule has 1 rings (SSSR count). The third kappa shape index (κ3) is 4.54. The van der Waals surface area contributed by atoms with E-state index >= 15 is 0 Å². The van der Waals surface area contributed by atoms with Gasteiger partial charge in [-0.2, -0.15) is 0 Å². The van der Waals surface area contributed by atoms with Gasteiger partial charge in [0.15, 0.2) is 0 Å². The molecule has 0 radical (unpaired) electrons. The second-order valence-corrected chi connectivity index (χ2v) is 4.39. The number of ether oxygens (including phenoxy) is 2.